The van der Waals surface area contributed by atoms with Crippen LogP contribution in [0.4, 0.5) is 0 Å². The number of ketones is 1. The van der Waals surface area contributed by atoms with Gasteiger partial charge in [-0.1, -0.05) is 0 Å². The Balaban J connectivity index is 1.98. The van der Waals surface area contributed by atoms with E-state index in [-0.39, 0.29) is 18.1 Å². The van der Waals surface area contributed by atoms with Gasteiger partial charge in [0.2, 0.25) is 5.91 Å². The lowest BCUT2D eigenvalue weighted by Gasteiger charge is -2.27. The number of amides is 1. The third-order valence-electron chi connectivity index (χ3n) is 2.59. The van der Waals surface area contributed by atoms with Crippen LogP contribution >= 0.6 is 0 Å². The van der Waals surface area contributed by atoms with E-state index in [0.29, 0.717) is 6.54 Å². The van der Waals surface area contributed by atoms with Gasteiger partial charge >= 0.3 is 0 Å². The van der Waals surface area contributed by atoms with Gasteiger partial charge in [0.15, 0.2) is 0 Å². The molecule has 1 rings (SSSR count). The van der Waals surface area contributed by atoms with Crippen LogP contribution in [0.2, 0.25) is 0 Å². The van der Waals surface area contributed by atoms with Crippen LogP contribution in [0.1, 0.15) is 19.8 Å². The number of nitrogens with zero attached hydrogens (tertiary/aromatic N) is 1. The highest BCUT2D eigenvalue weighted by molar-refractivity contribution is 5.96. The normalized spacial score (nSPS) is 17.1. The van der Waals surface area contributed by atoms with Gasteiger partial charge in [0.1, 0.15) is 5.78 Å². The summed E-state index contributed by atoms with van der Waals surface area (Å²) < 4.78 is 0. The second-order valence-corrected chi connectivity index (χ2v) is 4.17. The van der Waals surface area contributed by atoms with E-state index < -0.39 is 0 Å². The lowest BCUT2D eigenvalue weighted by Crippen LogP contribution is -2.44. The van der Waals surface area contributed by atoms with Crippen molar-refractivity contribution >= 4 is 11.7 Å². The maximum Gasteiger partial charge on any atom is 0.227 e. The number of nitrogens with one attached hydrogen (secondary N) is 2. The zero-order chi connectivity index (χ0) is 11.8. The van der Waals surface area contributed by atoms with Crippen LogP contribution < -0.4 is 10.6 Å². The van der Waals surface area contributed by atoms with Gasteiger partial charge in [0.05, 0.1) is 6.42 Å². The van der Waals surface area contributed by atoms with Gasteiger partial charge in [-0.3, -0.25) is 9.59 Å². The number of hydrogen-bond acceptors (Lipinski definition) is 4. The summed E-state index contributed by atoms with van der Waals surface area (Å²) in [6.45, 7) is 7.38. The van der Waals surface area contributed by atoms with E-state index in [9.17, 15) is 9.59 Å². The van der Waals surface area contributed by atoms with E-state index in [0.717, 1.165) is 39.1 Å². The van der Waals surface area contributed by atoms with Crippen molar-refractivity contribution in [2.45, 2.75) is 19.8 Å². The molecule has 16 heavy (non-hydrogen) atoms. The number of hydrogen-bond donors (Lipinski definition) is 2. The maximum atomic E-state index is 11.1. The molecule has 5 nitrogen and oxygen atoms in total. The van der Waals surface area contributed by atoms with E-state index >= 15 is 0 Å². The van der Waals surface area contributed by atoms with E-state index in [4.69, 9.17) is 0 Å². The van der Waals surface area contributed by atoms with Crippen molar-refractivity contribution in [1.82, 2.24) is 15.5 Å². The Morgan fingerprint density at radius 1 is 1.31 bits per heavy atom. The van der Waals surface area contributed by atoms with E-state index in [1.165, 1.54) is 6.92 Å². The number of carbonyl (C=O) groups excluding carboxylic acids is 2. The van der Waals surface area contributed by atoms with Crippen LogP contribution in [0, 0.1) is 0 Å². The lowest BCUT2D eigenvalue weighted by molar-refractivity contribution is -0.127. The molecule has 0 radical (unpaired) electrons. The fraction of sp³-hybridized carbons (Fsp3) is 0.818. The fourth-order valence-electron chi connectivity index (χ4n) is 1.75. The van der Waals surface area contributed by atoms with Gasteiger partial charge in [0.25, 0.3) is 0 Å². The minimum Gasteiger partial charge on any atom is -0.356 e. The third kappa shape index (κ3) is 5.82. The SMILES string of the molecule is CC(=O)CC(=O)NCCCN1CCNCC1. The number of carbonyl (C=O) groups is 2. The largest absolute Gasteiger partial charge is 0.356 e. The molecule has 0 aliphatic carbocycles. The molecular weight excluding hydrogens is 206 g/mol. The molecule has 92 valence electrons. The summed E-state index contributed by atoms with van der Waals surface area (Å²) in [4.78, 5) is 24.2. The number of rotatable bonds is 6. The quantitative estimate of drug-likeness (QED) is 0.469. The third-order valence-corrected chi connectivity index (χ3v) is 2.59. The van der Waals surface area contributed by atoms with Gasteiger partial charge < -0.3 is 15.5 Å². The summed E-state index contributed by atoms with van der Waals surface area (Å²) >= 11 is 0. The minimum atomic E-state index is -0.159. The van der Waals surface area contributed by atoms with Crippen molar-refractivity contribution in [1.29, 1.82) is 0 Å². The summed E-state index contributed by atoms with van der Waals surface area (Å²) in [5.74, 6) is -0.243. The minimum absolute atomic E-state index is 0.00757. The molecule has 0 spiro atoms. The number of Topliss-reactive ketones (excluding diaryl/α,β-unsaturated/α-hetero) is 1. The molecule has 0 bridgehead atoms. The molecule has 5 heteroatoms. The van der Waals surface area contributed by atoms with Crippen molar-refractivity contribution in [3.63, 3.8) is 0 Å². The van der Waals surface area contributed by atoms with Crippen molar-refractivity contribution in [3.8, 4) is 0 Å². The molecule has 2 N–H and O–H groups in total. The maximum absolute atomic E-state index is 11.1. The monoisotopic (exact) mass is 227 g/mol. The average molecular weight is 227 g/mol. The van der Waals surface area contributed by atoms with Gasteiger partial charge in [-0.25, -0.2) is 0 Å². The summed E-state index contributed by atoms with van der Waals surface area (Å²) in [6, 6.07) is 0. The van der Waals surface area contributed by atoms with E-state index in [1.54, 1.807) is 0 Å². The second kappa shape index (κ2) is 7.35. The molecule has 1 fully saturated rings. The lowest BCUT2D eigenvalue weighted by atomic mass is 10.3. The van der Waals surface area contributed by atoms with Crippen LogP contribution in [-0.2, 0) is 9.59 Å². The second-order valence-electron chi connectivity index (χ2n) is 4.17. The topological polar surface area (TPSA) is 61.4 Å². The highest BCUT2D eigenvalue weighted by Gasteiger charge is 2.09. The molecule has 1 heterocycles. The molecule has 1 amide bonds. The van der Waals surface area contributed by atoms with Crippen LogP contribution in [0.5, 0.6) is 0 Å². The van der Waals surface area contributed by atoms with Crippen molar-refractivity contribution in [3.05, 3.63) is 0 Å². The first-order chi connectivity index (χ1) is 7.68. The molecule has 1 aliphatic heterocycles. The van der Waals surface area contributed by atoms with E-state index in [2.05, 4.69) is 15.5 Å². The highest BCUT2D eigenvalue weighted by Crippen LogP contribution is 1.93. The molecule has 1 aliphatic rings. The van der Waals surface area contributed by atoms with Gasteiger partial charge in [0, 0.05) is 32.7 Å². The first-order valence-corrected chi connectivity index (χ1v) is 5.87. The molecule has 0 aromatic carbocycles. The Hall–Kier alpha value is -0.940. The van der Waals surface area contributed by atoms with Crippen LogP contribution in [0.15, 0.2) is 0 Å². The van der Waals surface area contributed by atoms with Crippen LogP contribution in [-0.4, -0.2) is 55.9 Å². The van der Waals surface area contributed by atoms with E-state index in [1.807, 2.05) is 0 Å². The van der Waals surface area contributed by atoms with Crippen molar-refractivity contribution in [2.24, 2.45) is 0 Å². The van der Waals surface area contributed by atoms with Crippen molar-refractivity contribution < 1.29 is 9.59 Å². The summed E-state index contributed by atoms with van der Waals surface area (Å²) in [5, 5.41) is 6.05. The number of piperazine rings is 1. The smallest absolute Gasteiger partial charge is 0.227 e. The van der Waals surface area contributed by atoms with Crippen LogP contribution in [0.25, 0.3) is 0 Å². The Bertz CT molecular complexity index is 237. The molecule has 0 aromatic heterocycles. The average Bonchev–Trinajstić information content (AvgIpc) is 2.25. The molecule has 0 atom stereocenters. The Morgan fingerprint density at radius 3 is 2.62 bits per heavy atom. The molecule has 0 saturated carbocycles. The predicted molar refractivity (Wildman–Crippen MR) is 62.2 cm³/mol. The summed E-state index contributed by atoms with van der Waals surface area (Å²) in [5.41, 5.74) is 0. The Labute approximate surface area is 96.6 Å². The zero-order valence-electron chi connectivity index (χ0n) is 9.92. The first-order valence-electron chi connectivity index (χ1n) is 5.87. The van der Waals surface area contributed by atoms with Gasteiger partial charge in [-0.2, -0.15) is 0 Å². The summed E-state index contributed by atoms with van der Waals surface area (Å²) in [6.07, 6.45) is 0.956. The predicted octanol–water partition coefficient (Wildman–Crippen LogP) is -0.623. The molecule has 1 saturated heterocycles. The van der Waals surface area contributed by atoms with Crippen LogP contribution in [0.3, 0.4) is 0 Å². The van der Waals surface area contributed by atoms with Gasteiger partial charge in [-0.15, -0.1) is 0 Å². The Morgan fingerprint density at radius 2 is 2.00 bits per heavy atom. The zero-order valence-corrected chi connectivity index (χ0v) is 9.92. The molecular formula is C11H21N3O2. The highest BCUT2D eigenvalue weighted by atomic mass is 16.2. The summed E-state index contributed by atoms with van der Waals surface area (Å²) in [7, 11) is 0. The fourth-order valence-corrected chi connectivity index (χ4v) is 1.75. The first kappa shape index (κ1) is 13.1. The van der Waals surface area contributed by atoms with Crippen molar-refractivity contribution in [2.75, 3.05) is 39.3 Å². The molecule has 0 unspecified atom stereocenters. The Kier molecular flexibility index (Phi) is 6.03. The standard InChI is InChI=1S/C11H21N3O2/c1-10(15)9-11(16)13-3-2-6-14-7-4-12-5-8-14/h12H,2-9H2,1H3,(H,13,16). The van der Waals surface area contributed by atoms with Gasteiger partial charge in [-0.05, 0) is 19.9 Å². The molecule has 0 aromatic rings.